The van der Waals surface area contributed by atoms with E-state index < -0.39 is 0 Å². The van der Waals surface area contributed by atoms with Crippen LogP contribution in [0.2, 0.25) is 0 Å². The number of fused-ring (bicyclic) bond motifs is 1. The molecule has 1 atom stereocenters. The third kappa shape index (κ3) is 2.27. The molecule has 1 aromatic rings. The van der Waals surface area contributed by atoms with Crippen molar-refractivity contribution in [1.29, 1.82) is 0 Å². The molecule has 2 saturated heterocycles. The van der Waals surface area contributed by atoms with E-state index in [1.807, 2.05) is 13.0 Å². The normalized spacial score (nSPS) is 24.9. The van der Waals surface area contributed by atoms with Crippen LogP contribution >= 0.6 is 0 Å². The Kier molecular flexibility index (Phi) is 3.07. The third-order valence-electron chi connectivity index (χ3n) is 4.02. The summed E-state index contributed by atoms with van der Waals surface area (Å²) in [6.07, 6.45) is 4.03. The zero-order valence-electron chi connectivity index (χ0n) is 11.0. The van der Waals surface area contributed by atoms with Crippen LogP contribution in [0.3, 0.4) is 0 Å². The van der Waals surface area contributed by atoms with E-state index in [2.05, 4.69) is 19.8 Å². The molecular weight excluding hydrogens is 226 g/mol. The average Bonchev–Trinajstić information content (AvgIpc) is 2.37. The molecule has 98 valence electrons. The van der Waals surface area contributed by atoms with Crippen LogP contribution in [0.4, 0.5) is 11.8 Å². The molecule has 2 fully saturated rings. The summed E-state index contributed by atoms with van der Waals surface area (Å²) in [6, 6.07) is 2.73. The van der Waals surface area contributed by atoms with Crippen molar-refractivity contribution in [2.45, 2.75) is 32.2 Å². The fourth-order valence-electron chi connectivity index (χ4n) is 3.10. The van der Waals surface area contributed by atoms with Gasteiger partial charge in [0.1, 0.15) is 5.82 Å². The quantitative estimate of drug-likeness (QED) is 0.803. The van der Waals surface area contributed by atoms with Gasteiger partial charge in [-0.2, -0.15) is 4.98 Å². The molecule has 0 saturated carbocycles. The Balaban J connectivity index is 1.76. The maximum atomic E-state index is 5.74. The zero-order valence-corrected chi connectivity index (χ0v) is 11.0. The number of nitrogen functional groups attached to an aromatic ring is 1. The van der Waals surface area contributed by atoms with Crippen LogP contribution in [0, 0.1) is 6.92 Å². The van der Waals surface area contributed by atoms with E-state index in [0.29, 0.717) is 12.0 Å². The minimum atomic E-state index is 0.385. The summed E-state index contributed by atoms with van der Waals surface area (Å²) in [6.45, 7) is 6.51. The van der Waals surface area contributed by atoms with Crippen molar-refractivity contribution >= 4 is 11.8 Å². The molecule has 1 aromatic heterocycles. The monoisotopic (exact) mass is 247 g/mol. The summed E-state index contributed by atoms with van der Waals surface area (Å²) >= 11 is 0. The molecule has 0 bridgehead atoms. The summed E-state index contributed by atoms with van der Waals surface area (Å²) in [5.74, 6) is 1.38. The van der Waals surface area contributed by atoms with E-state index in [4.69, 9.17) is 5.73 Å². The van der Waals surface area contributed by atoms with Gasteiger partial charge in [0, 0.05) is 37.4 Å². The van der Waals surface area contributed by atoms with Gasteiger partial charge in [-0.15, -0.1) is 0 Å². The number of rotatable bonds is 1. The molecule has 3 heterocycles. The van der Waals surface area contributed by atoms with Crippen LogP contribution in [0.25, 0.3) is 0 Å². The molecule has 0 aliphatic carbocycles. The number of piperidine rings is 1. The zero-order chi connectivity index (χ0) is 12.5. The smallest absolute Gasteiger partial charge is 0.222 e. The summed E-state index contributed by atoms with van der Waals surface area (Å²) < 4.78 is 0. The van der Waals surface area contributed by atoms with E-state index in [0.717, 1.165) is 31.1 Å². The predicted molar refractivity (Wildman–Crippen MR) is 72.6 cm³/mol. The number of aryl methyl sites for hydroxylation is 1. The van der Waals surface area contributed by atoms with Crippen molar-refractivity contribution in [3.63, 3.8) is 0 Å². The van der Waals surface area contributed by atoms with Crippen LogP contribution in [-0.4, -0.2) is 47.1 Å². The Morgan fingerprint density at radius 3 is 2.94 bits per heavy atom. The van der Waals surface area contributed by atoms with Crippen molar-refractivity contribution in [2.24, 2.45) is 0 Å². The van der Waals surface area contributed by atoms with Crippen LogP contribution in [-0.2, 0) is 0 Å². The lowest BCUT2D eigenvalue weighted by Crippen LogP contribution is -2.55. The molecule has 0 radical (unpaired) electrons. The van der Waals surface area contributed by atoms with Gasteiger partial charge in [-0.25, -0.2) is 4.98 Å². The second kappa shape index (κ2) is 4.72. The predicted octanol–water partition coefficient (Wildman–Crippen LogP) is 1.04. The highest BCUT2D eigenvalue weighted by Gasteiger charge is 2.29. The van der Waals surface area contributed by atoms with Crippen molar-refractivity contribution in [3.05, 3.63) is 11.8 Å². The molecule has 2 aliphatic rings. The Labute approximate surface area is 108 Å². The number of aromatic nitrogens is 2. The van der Waals surface area contributed by atoms with E-state index >= 15 is 0 Å². The molecule has 0 aromatic carbocycles. The number of anilines is 2. The molecule has 5 nitrogen and oxygen atoms in total. The highest BCUT2D eigenvalue weighted by atomic mass is 15.3. The topological polar surface area (TPSA) is 58.3 Å². The van der Waals surface area contributed by atoms with Gasteiger partial charge < -0.3 is 10.6 Å². The molecule has 5 heteroatoms. The number of hydrogen-bond donors (Lipinski definition) is 1. The number of nitrogens with two attached hydrogens (primary N) is 1. The van der Waals surface area contributed by atoms with E-state index in [9.17, 15) is 0 Å². The highest BCUT2D eigenvalue weighted by Crippen LogP contribution is 2.24. The maximum Gasteiger partial charge on any atom is 0.222 e. The van der Waals surface area contributed by atoms with Gasteiger partial charge in [-0.1, -0.05) is 6.42 Å². The van der Waals surface area contributed by atoms with Gasteiger partial charge in [0.2, 0.25) is 5.95 Å². The second-order valence-electron chi connectivity index (χ2n) is 5.36. The molecule has 2 aliphatic heterocycles. The largest absolute Gasteiger partial charge is 0.368 e. The third-order valence-corrected chi connectivity index (χ3v) is 4.02. The fraction of sp³-hybridized carbons (Fsp3) is 0.692. The van der Waals surface area contributed by atoms with Crippen LogP contribution in [0.5, 0.6) is 0 Å². The van der Waals surface area contributed by atoms with Gasteiger partial charge in [-0.3, -0.25) is 4.90 Å². The Morgan fingerprint density at radius 2 is 2.11 bits per heavy atom. The van der Waals surface area contributed by atoms with E-state index in [1.165, 1.54) is 25.8 Å². The summed E-state index contributed by atoms with van der Waals surface area (Å²) in [7, 11) is 0. The van der Waals surface area contributed by atoms with Crippen molar-refractivity contribution in [1.82, 2.24) is 14.9 Å². The maximum absolute atomic E-state index is 5.74. The number of piperazine rings is 1. The van der Waals surface area contributed by atoms with Gasteiger partial charge in [0.05, 0.1) is 0 Å². The lowest BCUT2D eigenvalue weighted by molar-refractivity contribution is 0.133. The summed E-state index contributed by atoms with van der Waals surface area (Å²) in [4.78, 5) is 13.5. The van der Waals surface area contributed by atoms with Crippen LogP contribution in [0.1, 0.15) is 25.0 Å². The molecule has 0 unspecified atom stereocenters. The first kappa shape index (κ1) is 11.7. The molecule has 3 rings (SSSR count). The average molecular weight is 247 g/mol. The van der Waals surface area contributed by atoms with Gasteiger partial charge in [0.15, 0.2) is 0 Å². The number of nitrogens with zero attached hydrogens (tertiary/aromatic N) is 4. The van der Waals surface area contributed by atoms with Crippen LogP contribution in [0.15, 0.2) is 6.07 Å². The van der Waals surface area contributed by atoms with Gasteiger partial charge in [-0.05, 0) is 26.3 Å². The van der Waals surface area contributed by atoms with Crippen molar-refractivity contribution in [3.8, 4) is 0 Å². The van der Waals surface area contributed by atoms with Gasteiger partial charge >= 0.3 is 0 Å². The lowest BCUT2D eigenvalue weighted by atomic mass is 9.99. The lowest BCUT2D eigenvalue weighted by Gasteiger charge is -2.44. The minimum Gasteiger partial charge on any atom is -0.368 e. The highest BCUT2D eigenvalue weighted by molar-refractivity contribution is 5.44. The Bertz CT molecular complexity index is 413. The van der Waals surface area contributed by atoms with Crippen molar-refractivity contribution in [2.75, 3.05) is 36.8 Å². The summed E-state index contributed by atoms with van der Waals surface area (Å²) in [5, 5.41) is 0. The Morgan fingerprint density at radius 1 is 1.22 bits per heavy atom. The SMILES string of the molecule is Cc1cc(N2CCN3CCCC[C@@H]3C2)nc(N)n1. The fourth-order valence-corrected chi connectivity index (χ4v) is 3.10. The molecular formula is C13H21N5. The van der Waals surface area contributed by atoms with Crippen molar-refractivity contribution < 1.29 is 0 Å². The molecule has 0 spiro atoms. The first-order valence-electron chi connectivity index (χ1n) is 6.82. The molecule has 18 heavy (non-hydrogen) atoms. The number of hydrogen-bond acceptors (Lipinski definition) is 5. The van der Waals surface area contributed by atoms with E-state index in [-0.39, 0.29) is 0 Å². The van der Waals surface area contributed by atoms with Crippen LogP contribution < -0.4 is 10.6 Å². The standard InChI is InChI=1S/C13H21N5/c1-10-8-12(16-13(14)15-10)18-7-6-17-5-3-2-4-11(17)9-18/h8,11H,2-7,9H2,1H3,(H2,14,15,16)/t11-/m1/s1. The van der Waals surface area contributed by atoms with E-state index in [1.54, 1.807) is 0 Å². The Hall–Kier alpha value is -1.36. The first-order valence-corrected chi connectivity index (χ1v) is 6.82. The second-order valence-corrected chi connectivity index (χ2v) is 5.36. The molecule has 2 N–H and O–H groups in total. The summed E-state index contributed by atoms with van der Waals surface area (Å²) in [5.41, 5.74) is 6.69. The first-order chi connectivity index (χ1) is 8.72. The molecule has 0 amide bonds. The minimum absolute atomic E-state index is 0.385. The van der Waals surface area contributed by atoms with Gasteiger partial charge in [0.25, 0.3) is 0 Å².